The molecule has 1 N–H and O–H groups in total. The summed E-state index contributed by atoms with van der Waals surface area (Å²) >= 11 is 3.45. The molecule has 1 aromatic rings. The Balaban J connectivity index is 1.90. The van der Waals surface area contributed by atoms with Crippen molar-refractivity contribution in [3.8, 4) is 5.75 Å². The van der Waals surface area contributed by atoms with Gasteiger partial charge < -0.3 is 9.84 Å². The Morgan fingerprint density at radius 3 is 2.85 bits per heavy atom. The number of fused-ring (bicyclic) bond motifs is 1. The van der Waals surface area contributed by atoms with Crippen molar-refractivity contribution in [3.63, 3.8) is 0 Å². The van der Waals surface area contributed by atoms with Gasteiger partial charge in [-0.25, -0.2) is 0 Å². The van der Waals surface area contributed by atoms with Crippen LogP contribution in [-0.2, 0) is 0 Å². The van der Waals surface area contributed by atoms with Crippen molar-refractivity contribution in [1.82, 2.24) is 4.90 Å². The van der Waals surface area contributed by atoms with Gasteiger partial charge >= 0.3 is 0 Å². The van der Waals surface area contributed by atoms with Gasteiger partial charge in [-0.1, -0.05) is 28.8 Å². The number of amides is 1. The van der Waals surface area contributed by atoms with E-state index < -0.39 is 6.10 Å². The third-order valence-electron chi connectivity index (χ3n) is 4.21. The fourth-order valence-electron chi connectivity index (χ4n) is 3.00. The molecule has 4 nitrogen and oxygen atoms in total. The minimum absolute atomic E-state index is 0.0436. The van der Waals surface area contributed by atoms with Gasteiger partial charge in [0, 0.05) is 4.47 Å². The maximum atomic E-state index is 12.6. The van der Waals surface area contributed by atoms with E-state index >= 15 is 0 Å². The van der Waals surface area contributed by atoms with Gasteiger partial charge in [0.2, 0.25) is 0 Å². The van der Waals surface area contributed by atoms with Gasteiger partial charge in [0.25, 0.3) is 5.91 Å². The lowest BCUT2D eigenvalue weighted by atomic mass is 9.91. The van der Waals surface area contributed by atoms with E-state index in [4.69, 9.17) is 4.74 Å². The first-order chi connectivity index (χ1) is 9.58. The Hall–Kier alpha value is -1.07. The number of carbonyl (C=O) groups is 1. The highest BCUT2D eigenvalue weighted by atomic mass is 79.9. The van der Waals surface area contributed by atoms with Gasteiger partial charge in [-0.05, 0) is 37.5 Å². The third-order valence-corrected chi connectivity index (χ3v) is 5.06. The van der Waals surface area contributed by atoms with Crippen molar-refractivity contribution >= 4 is 21.8 Å². The second kappa shape index (κ2) is 5.37. The van der Waals surface area contributed by atoms with E-state index in [-0.39, 0.29) is 18.7 Å². The first-order valence-corrected chi connectivity index (χ1v) is 7.79. The Labute approximate surface area is 126 Å². The zero-order valence-corrected chi connectivity index (χ0v) is 13.0. The third kappa shape index (κ3) is 2.33. The number of aliphatic hydroxyl groups excluding tert-OH is 1. The Bertz CT molecular complexity index is 546. The predicted octanol–water partition coefficient (Wildman–Crippen LogP) is 2.85. The number of nitrogens with zero attached hydrogens (tertiary/aromatic N) is 1. The molecular formula is C15H18BrNO3. The molecule has 1 heterocycles. The van der Waals surface area contributed by atoms with Crippen LogP contribution in [0.4, 0.5) is 0 Å². The zero-order chi connectivity index (χ0) is 14.3. The topological polar surface area (TPSA) is 49.8 Å². The van der Waals surface area contributed by atoms with Gasteiger partial charge in [0.1, 0.15) is 5.75 Å². The van der Waals surface area contributed by atoms with E-state index in [9.17, 15) is 9.90 Å². The first kappa shape index (κ1) is 13.9. The smallest absolute Gasteiger partial charge is 0.260 e. The van der Waals surface area contributed by atoms with E-state index in [1.807, 2.05) is 19.1 Å². The highest BCUT2D eigenvalue weighted by Crippen LogP contribution is 2.33. The summed E-state index contributed by atoms with van der Waals surface area (Å²) in [5.41, 5.74) is 1.62. The Kier molecular flexibility index (Phi) is 3.73. The summed E-state index contributed by atoms with van der Waals surface area (Å²) in [5.74, 6) is 0.593. The molecule has 0 bridgehead atoms. The molecule has 3 rings (SSSR count). The monoisotopic (exact) mass is 339 g/mol. The second-order valence-electron chi connectivity index (χ2n) is 5.57. The summed E-state index contributed by atoms with van der Waals surface area (Å²) in [7, 11) is 0. The summed E-state index contributed by atoms with van der Waals surface area (Å²) in [6.07, 6.45) is 3.25. The molecule has 5 heteroatoms. The summed E-state index contributed by atoms with van der Waals surface area (Å²) < 4.78 is 6.62. The molecule has 2 aliphatic rings. The van der Waals surface area contributed by atoms with Crippen molar-refractivity contribution in [2.75, 3.05) is 6.73 Å². The molecule has 1 saturated carbocycles. The maximum Gasteiger partial charge on any atom is 0.260 e. The van der Waals surface area contributed by atoms with Crippen LogP contribution in [0.5, 0.6) is 5.75 Å². The normalized spacial score (nSPS) is 26.1. The van der Waals surface area contributed by atoms with Crippen LogP contribution in [0.1, 0.15) is 41.6 Å². The molecule has 0 spiro atoms. The van der Waals surface area contributed by atoms with Crippen LogP contribution in [0.3, 0.4) is 0 Å². The molecule has 1 fully saturated rings. The number of aryl methyl sites for hydroxylation is 1. The number of ether oxygens (including phenoxy) is 1. The number of benzene rings is 1. The SMILES string of the molecule is Cc1cc2c(cc1Br)C(=O)N([C@@H]1CCCC[C@H]1O)CO2. The largest absolute Gasteiger partial charge is 0.472 e. The predicted molar refractivity (Wildman–Crippen MR) is 78.8 cm³/mol. The van der Waals surface area contributed by atoms with Crippen LogP contribution in [0.2, 0.25) is 0 Å². The molecule has 1 aromatic carbocycles. The van der Waals surface area contributed by atoms with Crippen molar-refractivity contribution in [1.29, 1.82) is 0 Å². The minimum atomic E-state index is -0.438. The van der Waals surface area contributed by atoms with Crippen LogP contribution in [0, 0.1) is 6.92 Å². The summed E-state index contributed by atoms with van der Waals surface area (Å²) in [4.78, 5) is 14.3. The van der Waals surface area contributed by atoms with Gasteiger partial charge in [-0.2, -0.15) is 0 Å². The first-order valence-electron chi connectivity index (χ1n) is 7.00. The average molecular weight is 340 g/mol. The maximum absolute atomic E-state index is 12.6. The molecule has 2 atom stereocenters. The van der Waals surface area contributed by atoms with Crippen LogP contribution in [-0.4, -0.2) is 34.8 Å². The molecule has 0 saturated heterocycles. The highest BCUT2D eigenvalue weighted by molar-refractivity contribution is 9.10. The quantitative estimate of drug-likeness (QED) is 0.855. The summed E-state index contributed by atoms with van der Waals surface area (Å²) in [6.45, 7) is 2.20. The summed E-state index contributed by atoms with van der Waals surface area (Å²) in [6, 6.07) is 3.57. The van der Waals surface area contributed by atoms with Crippen LogP contribution < -0.4 is 4.74 Å². The Morgan fingerprint density at radius 2 is 2.10 bits per heavy atom. The number of rotatable bonds is 1. The van der Waals surface area contributed by atoms with E-state index in [1.54, 1.807) is 4.90 Å². The van der Waals surface area contributed by atoms with Gasteiger partial charge in [-0.3, -0.25) is 9.69 Å². The molecule has 1 amide bonds. The van der Waals surface area contributed by atoms with E-state index in [0.29, 0.717) is 11.3 Å². The molecule has 0 radical (unpaired) electrons. The second-order valence-corrected chi connectivity index (χ2v) is 6.42. The standard InChI is InChI=1S/C15H18BrNO3/c1-9-6-14-10(7-11(9)16)15(19)17(8-20-14)12-4-2-3-5-13(12)18/h6-7,12-13,18H,2-5,8H2,1H3/t12-,13-/m1/s1. The molecular weight excluding hydrogens is 322 g/mol. The number of hydrogen-bond donors (Lipinski definition) is 1. The average Bonchev–Trinajstić information content (AvgIpc) is 2.43. The fraction of sp³-hybridized carbons (Fsp3) is 0.533. The van der Waals surface area contributed by atoms with Crippen LogP contribution in [0.25, 0.3) is 0 Å². The van der Waals surface area contributed by atoms with Gasteiger partial charge in [0.15, 0.2) is 6.73 Å². The summed E-state index contributed by atoms with van der Waals surface area (Å²) in [5, 5.41) is 10.1. The molecule has 1 aliphatic heterocycles. The van der Waals surface area contributed by atoms with E-state index in [0.717, 1.165) is 35.7 Å². The van der Waals surface area contributed by atoms with E-state index in [1.165, 1.54) is 0 Å². The Morgan fingerprint density at radius 1 is 1.35 bits per heavy atom. The van der Waals surface area contributed by atoms with Crippen molar-refractivity contribution in [2.24, 2.45) is 0 Å². The van der Waals surface area contributed by atoms with E-state index in [2.05, 4.69) is 15.9 Å². The molecule has 1 aliphatic carbocycles. The lowest BCUT2D eigenvalue weighted by molar-refractivity contribution is -0.0124. The van der Waals surface area contributed by atoms with Crippen molar-refractivity contribution < 1.29 is 14.6 Å². The molecule has 0 aromatic heterocycles. The highest BCUT2D eigenvalue weighted by Gasteiger charge is 2.36. The van der Waals surface area contributed by atoms with Gasteiger partial charge in [0.05, 0.1) is 17.7 Å². The van der Waals surface area contributed by atoms with Crippen molar-refractivity contribution in [3.05, 3.63) is 27.7 Å². The molecule has 108 valence electrons. The minimum Gasteiger partial charge on any atom is -0.472 e. The van der Waals surface area contributed by atoms with Crippen LogP contribution >= 0.6 is 15.9 Å². The molecule has 0 unspecified atom stereocenters. The lowest BCUT2D eigenvalue weighted by Gasteiger charge is -2.39. The lowest BCUT2D eigenvalue weighted by Crippen LogP contribution is -2.51. The van der Waals surface area contributed by atoms with Crippen LogP contribution in [0.15, 0.2) is 16.6 Å². The molecule has 20 heavy (non-hydrogen) atoms. The van der Waals surface area contributed by atoms with Gasteiger partial charge in [-0.15, -0.1) is 0 Å². The zero-order valence-electron chi connectivity index (χ0n) is 11.4. The number of hydrogen-bond acceptors (Lipinski definition) is 3. The number of halogens is 1. The number of carbonyl (C=O) groups excluding carboxylic acids is 1. The fourth-order valence-corrected chi connectivity index (χ4v) is 3.34. The van der Waals surface area contributed by atoms with Crippen molar-refractivity contribution in [2.45, 2.75) is 44.8 Å². The number of aliphatic hydroxyl groups is 1.